The zero-order valence-electron chi connectivity index (χ0n) is 13.1. The third kappa shape index (κ3) is 4.97. The van der Waals surface area contributed by atoms with Gasteiger partial charge in [0.2, 0.25) is 0 Å². The van der Waals surface area contributed by atoms with Crippen LogP contribution in [0, 0.1) is 0 Å². The highest BCUT2D eigenvalue weighted by Gasteiger charge is 2.17. The fraction of sp³-hybridized carbons (Fsp3) is 0.235. The van der Waals surface area contributed by atoms with Crippen molar-refractivity contribution >= 4 is 27.4 Å². The van der Waals surface area contributed by atoms with Crippen LogP contribution in [0.4, 0.5) is 0 Å². The molecule has 0 heterocycles. The highest BCUT2D eigenvalue weighted by molar-refractivity contribution is 7.91. The molecule has 0 amide bonds. The van der Waals surface area contributed by atoms with E-state index in [1.807, 2.05) is 6.07 Å². The fourth-order valence-electron chi connectivity index (χ4n) is 2.03. The smallest absolute Gasteiger partial charge is 0.307 e. The lowest BCUT2D eigenvalue weighted by Crippen LogP contribution is -2.13. The van der Waals surface area contributed by atoms with Crippen molar-refractivity contribution in [1.82, 2.24) is 0 Å². The Bertz CT molecular complexity index is 800. The first-order valence-corrected chi connectivity index (χ1v) is 9.21. The summed E-state index contributed by atoms with van der Waals surface area (Å²) in [6, 6.07) is 13.0. The molecule has 0 fully saturated rings. The molecule has 0 aliphatic rings. The van der Waals surface area contributed by atoms with E-state index in [-0.39, 0.29) is 23.7 Å². The number of rotatable bonds is 7. The first kappa shape index (κ1) is 18.3. The number of carbonyl (C=O) groups excluding carboxylic acids is 1. The van der Waals surface area contributed by atoms with E-state index in [2.05, 4.69) is 0 Å². The summed E-state index contributed by atoms with van der Waals surface area (Å²) in [4.78, 5) is 11.9. The quantitative estimate of drug-likeness (QED) is 0.701. The average molecular weight is 369 g/mol. The standard InChI is InChI=1S/C17H17ClO5S/c1-22-16-5-3-2-4-13(16)12-23-17(19)10-11-24(20,21)15-8-6-14(18)7-9-15/h2-9H,10-12H2,1H3. The Kier molecular flexibility index (Phi) is 6.23. The molecule has 0 radical (unpaired) electrons. The normalized spacial score (nSPS) is 11.1. The summed E-state index contributed by atoms with van der Waals surface area (Å²) in [6.45, 7) is 0.0316. The fourth-order valence-corrected chi connectivity index (χ4v) is 3.38. The number of para-hydroxylation sites is 1. The number of benzene rings is 2. The van der Waals surface area contributed by atoms with E-state index in [0.29, 0.717) is 16.3 Å². The molecular weight excluding hydrogens is 352 g/mol. The molecule has 0 spiro atoms. The van der Waals surface area contributed by atoms with Crippen molar-refractivity contribution in [2.45, 2.75) is 17.9 Å². The van der Waals surface area contributed by atoms with E-state index in [4.69, 9.17) is 21.1 Å². The van der Waals surface area contributed by atoms with Gasteiger partial charge in [-0.15, -0.1) is 0 Å². The lowest BCUT2D eigenvalue weighted by atomic mass is 10.2. The Hall–Kier alpha value is -2.05. The summed E-state index contributed by atoms with van der Waals surface area (Å²) in [6.07, 6.45) is -0.222. The van der Waals surface area contributed by atoms with Gasteiger partial charge in [0.25, 0.3) is 0 Å². The molecule has 0 aliphatic carbocycles. The molecule has 0 atom stereocenters. The molecule has 128 valence electrons. The van der Waals surface area contributed by atoms with Gasteiger partial charge in [-0.2, -0.15) is 0 Å². The second kappa shape index (κ2) is 8.17. The molecule has 2 rings (SSSR count). The molecule has 0 saturated heterocycles. The minimum Gasteiger partial charge on any atom is -0.496 e. The molecule has 2 aromatic carbocycles. The zero-order valence-corrected chi connectivity index (χ0v) is 14.6. The van der Waals surface area contributed by atoms with Crippen molar-refractivity contribution < 1.29 is 22.7 Å². The van der Waals surface area contributed by atoms with Crippen LogP contribution in [0.2, 0.25) is 5.02 Å². The number of esters is 1. The highest BCUT2D eigenvalue weighted by atomic mass is 35.5. The number of sulfone groups is 1. The number of hydrogen-bond donors (Lipinski definition) is 0. The van der Waals surface area contributed by atoms with E-state index < -0.39 is 15.8 Å². The molecule has 0 N–H and O–H groups in total. The van der Waals surface area contributed by atoms with Gasteiger partial charge in [0.1, 0.15) is 12.4 Å². The zero-order chi connectivity index (χ0) is 17.6. The first-order chi connectivity index (χ1) is 11.4. The summed E-state index contributed by atoms with van der Waals surface area (Å²) < 4.78 is 34.6. The second-order valence-corrected chi connectivity index (χ2v) is 7.54. The largest absolute Gasteiger partial charge is 0.496 e. The van der Waals surface area contributed by atoms with Crippen molar-refractivity contribution in [2.75, 3.05) is 12.9 Å². The third-order valence-electron chi connectivity index (χ3n) is 3.33. The molecule has 2 aromatic rings. The van der Waals surface area contributed by atoms with E-state index in [9.17, 15) is 13.2 Å². The van der Waals surface area contributed by atoms with Gasteiger partial charge in [0.15, 0.2) is 9.84 Å². The topological polar surface area (TPSA) is 69.7 Å². The number of methoxy groups -OCH3 is 1. The molecular formula is C17H17ClO5S. The van der Waals surface area contributed by atoms with E-state index in [1.165, 1.54) is 31.4 Å². The average Bonchev–Trinajstić information content (AvgIpc) is 2.59. The van der Waals surface area contributed by atoms with Crippen molar-refractivity contribution in [1.29, 1.82) is 0 Å². The van der Waals surface area contributed by atoms with Gasteiger partial charge >= 0.3 is 5.97 Å². The Balaban J connectivity index is 1.90. The van der Waals surface area contributed by atoms with E-state index in [1.54, 1.807) is 18.2 Å². The Morgan fingerprint density at radius 1 is 1.08 bits per heavy atom. The number of carbonyl (C=O) groups is 1. The summed E-state index contributed by atoms with van der Waals surface area (Å²) >= 11 is 5.73. The van der Waals surface area contributed by atoms with Crippen LogP contribution in [0.3, 0.4) is 0 Å². The van der Waals surface area contributed by atoms with Crippen LogP contribution in [0.15, 0.2) is 53.4 Å². The van der Waals surface area contributed by atoms with Gasteiger partial charge in [-0.25, -0.2) is 8.42 Å². The van der Waals surface area contributed by atoms with Gasteiger partial charge in [-0.1, -0.05) is 29.8 Å². The lowest BCUT2D eigenvalue weighted by Gasteiger charge is -2.09. The monoisotopic (exact) mass is 368 g/mol. The van der Waals surface area contributed by atoms with Gasteiger partial charge in [0, 0.05) is 10.6 Å². The van der Waals surface area contributed by atoms with Crippen molar-refractivity contribution in [2.24, 2.45) is 0 Å². The maximum absolute atomic E-state index is 12.2. The minimum absolute atomic E-state index is 0.0316. The maximum Gasteiger partial charge on any atom is 0.307 e. The molecule has 0 bridgehead atoms. The molecule has 0 aliphatic heterocycles. The Morgan fingerprint density at radius 2 is 1.75 bits per heavy atom. The Labute approximate surface area is 146 Å². The lowest BCUT2D eigenvalue weighted by molar-refractivity contribution is -0.144. The van der Waals surface area contributed by atoms with Crippen LogP contribution >= 0.6 is 11.6 Å². The van der Waals surface area contributed by atoms with Crippen molar-refractivity contribution in [3.8, 4) is 5.75 Å². The summed E-state index contributed by atoms with van der Waals surface area (Å²) in [7, 11) is -2.02. The van der Waals surface area contributed by atoms with Crippen LogP contribution < -0.4 is 4.74 Å². The predicted molar refractivity (Wildman–Crippen MR) is 90.9 cm³/mol. The minimum atomic E-state index is -3.55. The summed E-state index contributed by atoms with van der Waals surface area (Å²) in [5.41, 5.74) is 0.717. The number of halogens is 1. The van der Waals surface area contributed by atoms with Crippen LogP contribution in [0.5, 0.6) is 5.75 Å². The van der Waals surface area contributed by atoms with Crippen LogP contribution in [-0.4, -0.2) is 27.2 Å². The molecule has 7 heteroatoms. The van der Waals surface area contributed by atoms with E-state index in [0.717, 1.165) is 0 Å². The summed E-state index contributed by atoms with van der Waals surface area (Å²) in [5.74, 6) is -0.295. The van der Waals surface area contributed by atoms with Crippen molar-refractivity contribution in [3.05, 3.63) is 59.1 Å². The van der Waals surface area contributed by atoms with Crippen LogP contribution in [-0.2, 0) is 26.0 Å². The third-order valence-corrected chi connectivity index (χ3v) is 5.31. The Morgan fingerprint density at radius 3 is 2.42 bits per heavy atom. The van der Waals surface area contributed by atoms with Gasteiger partial charge in [0.05, 0.1) is 24.2 Å². The second-order valence-electron chi connectivity index (χ2n) is 5.00. The van der Waals surface area contributed by atoms with Crippen LogP contribution in [0.1, 0.15) is 12.0 Å². The molecule has 0 unspecified atom stereocenters. The molecule has 0 saturated carbocycles. The van der Waals surface area contributed by atoms with Gasteiger partial charge in [-0.05, 0) is 30.3 Å². The highest BCUT2D eigenvalue weighted by Crippen LogP contribution is 2.19. The molecule has 24 heavy (non-hydrogen) atoms. The first-order valence-electron chi connectivity index (χ1n) is 7.18. The maximum atomic E-state index is 12.2. The predicted octanol–water partition coefficient (Wildman–Crippen LogP) is 3.26. The van der Waals surface area contributed by atoms with Gasteiger partial charge < -0.3 is 9.47 Å². The van der Waals surface area contributed by atoms with Gasteiger partial charge in [-0.3, -0.25) is 4.79 Å². The van der Waals surface area contributed by atoms with Crippen molar-refractivity contribution in [3.63, 3.8) is 0 Å². The summed E-state index contributed by atoms with van der Waals surface area (Å²) in [5, 5.41) is 0.449. The molecule has 0 aromatic heterocycles. The SMILES string of the molecule is COc1ccccc1COC(=O)CCS(=O)(=O)c1ccc(Cl)cc1. The van der Waals surface area contributed by atoms with E-state index >= 15 is 0 Å². The number of hydrogen-bond acceptors (Lipinski definition) is 5. The number of ether oxygens (including phenoxy) is 2. The molecule has 5 nitrogen and oxygen atoms in total. The van der Waals surface area contributed by atoms with Crippen LogP contribution in [0.25, 0.3) is 0 Å².